The normalized spacial score (nSPS) is 16.7. The van der Waals surface area contributed by atoms with Crippen LogP contribution in [-0.2, 0) is 13.1 Å². The molecule has 1 aliphatic heterocycles. The summed E-state index contributed by atoms with van der Waals surface area (Å²) in [5, 5.41) is 13.6. The standard InChI is InChI=1S/C19H26N6/c1-2-3-10-25-19(21-22-23-25)14-24-11-8-15(9-12-24)17-13-20-18-7-5-4-6-16(17)18/h4-7,13,15,20H,2-3,8-12,14H2,1H3. The quantitative estimate of drug-likeness (QED) is 0.749. The summed E-state index contributed by atoms with van der Waals surface area (Å²) in [6.07, 6.45) is 6.88. The Morgan fingerprint density at radius 3 is 2.88 bits per heavy atom. The summed E-state index contributed by atoms with van der Waals surface area (Å²) >= 11 is 0. The Kier molecular flexibility index (Phi) is 4.78. The number of aromatic amines is 1. The maximum atomic E-state index is 4.23. The molecular formula is C19H26N6. The Bertz CT molecular complexity index is 812. The van der Waals surface area contributed by atoms with Crippen LogP contribution in [0, 0.1) is 0 Å². The first-order chi connectivity index (χ1) is 12.3. The number of aromatic nitrogens is 5. The van der Waals surface area contributed by atoms with Gasteiger partial charge in [-0.05, 0) is 60.3 Å². The average Bonchev–Trinajstić information content (AvgIpc) is 3.27. The number of fused-ring (bicyclic) bond motifs is 1. The topological polar surface area (TPSA) is 62.6 Å². The van der Waals surface area contributed by atoms with Gasteiger partial charge in [0.15, 0.2) is 5.82 Å². The summed E-state index contributed by atoms with van der Waals surface area (Å²) in [4.78, 5) is 5.90. The Hall–Kier alpha value is -2.21. The van der Waals surface area contributed by atoms with Gasteiger partial charge in [-0.1, -0.05) is 31.5 Å². The number of benzene rings is 1. The van der Waals surface area contributed by atoms with Crippen LogP contribution in [0.25, 0.3) is 10.9 Å². The van der Waals surface area contributed by atoms with Gasteiger partial charge in [0.25, 0.3) is 0 Å². The minimum absolute atomic E-state index is 0.642. The predicted molar refractivity (Wildman–Crippen MR) is 98.3 cm³/mol. The van der Waals surface area contributed by atoms with Crippen LogP contribution >= 0.6 is 0 Å². The molecule has 1 aromatic carbocycles. The molecule has 2 aromatic heterocycles. The number of unbranched alkanes of at least 4 members (excludes halogenated alkanes) is 1. The van der Waals surface area contributed by atoms with Crippen LogP contribution in [0.5, 0.6) is 0 Å². The highest BCUT2D eigenvalue weighted by Gasteiger charge is 2.23. The monoisotopic (exact) mass is 338 g/mol. The summed E-state index contributed by atoms with van der Waals surface area (Å²) in [5.74, 6) is 1.64. The first-order valence-electron chi connectivity index (χ1n) is 9.38. The van der Waals surface area contributed by atoms with Crippen LogP contribution in [0.3, 0.4) is 0 Å². The van der Waals surface area contributed by atoms with E-state index in [0.29, 0.717) is 5.92 Å². The molecule has 1 fully saturated rings. The van der Waals surface area contributed by atoms with Gasteiger partial charge in [-0.25, -0.2) is 4.68 Å². The SMILES string of the molecule is CCCCn1nnnc1CN1CCC(c2c[nH]c3ccccc23)CC1. The second-order valence-electron chi connectivity index (χ2n) is 7.01. The van der Waals surface area contributed by atoms with Gasteiger partial charge in [-0.3, -0.25) is 4.90 Å². The van der Waals surface area contributed by atoms with Crippen LogP contribution in [0.2, 0.25) is 0 Å². The van der Waals surface area contributed by atoms with E-state index in [2.05, 4.69) is 62.8 Å². The molecule has 0 atom stereocenters. The highest BCUT2D eigenvalue weighted by molar-refractivity contribution is 5.83. The lowest BCUT2D eigenvalue weighted by Gasteiger charge is -2.31. The summed E-state index contributed by atoms with van der Waals surface area (Å²) in [7, 11) is 0. The van der Waals surface area contributed by atoms with Gasteiger partial charge in [-0.2, -0.15) is 0 Å². The zero-order valence-corrected chi connectivity index (χ0v) is 14.9. The fourth-order valence-electron chi connectivity index (χ4n) is 3.85. The number of hydrogen-bond acceptors (Lipinski definition) is 4. The van der Waals surface area contributed by atoms with E-state index in [9.17, 15) is 0 Å². The van der Waals surface area contributed by atoms with Gasteiger partial charge in [-0.15, -0.1) is 5.10 Å². The van der Waals surface area contributed by atoms with Crippen LogP contribution in [0.4, 0.5) is 0 Å². The Balaban J connectivity index is 1.38. The van der Waals surface area contributed by atoms with Gasteiger partial charge in [0.2, 0.25) is 0 Å². The van der Waals surface area contributed by atoms with Gasteiger partial charge in [0.1, 0.15) is 0 Å². The van der Waals surface area contributed by atoms with Crippen LogP contribution < -0.4 is 0 Å². The molecule has 1 aliphatic rings. The maximum Gasteiger partial charge on any atom is 0.165 e. The van der Waals surface area contributed by atoms with E-state index in [-0.39, 0.29) is 0 Å². The molecule has 0 unspecified atom stereocenters. The maximum absolute atomic E-state index is 4.23. The van der Waals surface area contributed by atoms with Crippen molar-refractivity contribution in [2.45, 2.75) is 51.6 Å². The lowest BCUT2D eigenvalue weighted by Crippen LogP contribution is -2.33. The number of H-pyrrole nitrogens is 1. The van der Waals surface area contributed by atoms with E-state index in [4.69, 9.17) is 0 Å². The van der Waals surface area contributed by atoms with Gasteiger partial charge in [0.05, 0.1) is 6.54 Å². The number of aryl methyl sites for hydroxylation is 1. The van der Waals surface area contributed by atoms with Crippen molar-refractivity contribution in [3.05, 3.63) is 41.9 Å². The molecule has 4 rings (SSSR count). The van der Waals surface area contributed by atoms with E-state index in [1.807, 2.05) is 4.68 Å². The number of para-hydroxylation sites is 1. The Labute approximate surface area is 148 Å². The Morgan fingerprint density at radius 2 is 2.04 bits per heavy atom. The van der Waals surface area contributed by atoms with Crippen LogP contribution in [0.15, 0.2) is 30.5 Å². The van der Waals surface area contributed by atoms with Crippen molar-refractivity contribution in [1.82, 2.24) is 30.1 Å². The van der Waals surface area contributed by atoms with Crippen molar-refractivity contribution in [1.29, 1.82) is 0 Å². The molecule has 1 saturated heterocycles. The lowest BCUT2D eigenvalue weighted by molar-refractivity contribution is 0.197. The van der Waals surface area contributed by atoms with E-state index in [0.717, 1.165) is 44.8 Å². The molecule has 1 N–H and O–H groups in total. The fourth-order valence-corrected chi connectivity index (χ4v) is 3.85. The van der Waals surface area contributed by atoms with Gasteiger partial charge in [0, 0.05) is 23.6 Å². The minimum Gasteiger partial charge on any atom is -0.361 e. The molecule has 6 heteroatoms. The summed E-state index contributed by atoms with van der Waals surface area (Å²) < 4.78 is 1.97. The number of rotatable bonds is 6. The minimum atomic E-state index is 0.642. The molecule has 3 heterocycles. The fraction of sp³-hybridized carbons (Fsp3) is 0.526. The number of tetrazole rings is 1. The molecule has 0 amide bonds. The number of piperidine rings is 1. The first-order valence-corrected chi connectivity index (χ1v) is 9.38. The third kappa shape index (κ3) is 3.44. The van der Waals surface area contributed by atoms with E-state index in [1.54, 1.807) is 0 Å². The van der Waals surface area contributed by atoms with Crippen LogP contribution in [0.1, 0.15) is 49.9 Å². The largest absolute Gasteiger partial charge is 0.361 e. The molecule has 0 saturated carbocycles. The molecule has 0 spiro atoms. The zero-order valence-electron chi connectivity index (χ0n) is 14.9. The summed E-state index contributed by atoms with van der Waals surface area (Å²) in [5.41, 5.74) is 2.72. The number of likely N-dealkylation sites (tertiary alicyclic amines) is 1. The van der Waals surface area contributed by atoms with Crippen molar-refractivity contribution in [2.75, 3.05) is 13.1 Å². The Morgan fingerprint density at radius 1 is 1.20 bits per heavy atom. The second kappa shape index (κ2) is 7.35. The molecule has 0 bridgehead atoms. The number of hydrogen-bond donors (Lipinski definition) is 1. The third-order valence-corrected chi connectivity index (χ3v) is 5.34. The van der Waals surface area contributed by atoms with Crippen molar-refractivity contribution >= 4 is 10.9 Å². The average molecular weight is 338 g/mol. The van der Waals surface area contributed by atoms with Gasteiger partial charge < -0.3 is 4.98 Å². The predicted octanol–water partition coefficient (Wildman–Crippen LogP) is 3.33. The molecule has 132 valence electrons. The number of nitrogens with zero attached hydrogens (tertiary/aromatic N) is 5. The molecule has 6 nitrogen and oxygen atoms in total. The van der Waals surface area contributed by atoms with Crippen molar-refractivity contribution in [2.24, 2.45) is 0 Å². The summed E-state index contributed by atoms with van der Waals surface area (Å²) in [6.45, 7) is 6.18. The number of nitrogens with one attached hydrogen (secondary N) is 1. The molecular weight excluding hydrogens is 312 g/mol. The summed E-state index contributed by atoms with van der Waals surface area (Å²) in [6, 6.07) is 8.61. The second-order valence-corrected chi connectivity index (χ2v) is 7.01. The highest BCUT2D eigenvalue weighted by atomic mass is 15.5. The van der Waals surface area contributed by atoms with E-state index >= 15 is 0 Å². The van der Waals surface area contributed by atoms with Gasteiger partial charge >= 0.3 is 0 Å². The van der Waals surface area contributed by atoms with Crippen molar-refractivity contribution in [3.8, 4) is 0 Å². The third-order valence-electron chi connectivity index (χ3n) is 5.34. The lowest BCUT2D eigenvalue weighted by atomic mass is 9.89. The van der Waals surface area contributed by atoms with Crippen molar-refractivity contribution in [3.63, 3.8) is 0 Å². The van der Waals surface area contributed by atoms with Crippen LogP contribution in [-0.4, -0.2) is 43.2 Å². The molecule has 25 heavy (non-hydrogen) atoms. The smallest absolute Gasteiger partial charge is 0.165 e. The highest BCUT2D eigenvalue weighted by Crippen LogP contribution is 2.33. The molecule has 3 aromatic rings. The van der Waals surface area contributed by atoms with E-state index in [1.165, 1.54) is 29.3 Å². The van der Waals surface area contributed by atoms with E-state index < -0.39 is 0 Å². The molecule has 0 aliphatic carbocycles. The molecule has 0 radical (unpaired) electrons. The van der Waals surface area contributed by atoms with Crippen molar-refractivity contribution < 1.29 is 0 Å². The first kappa shape index (κ1) is 16.3. The zero-order chi connectivity index (χ0) is 17.1.